The molecular formula is C21H28N2O3. The first kappa shape index (κ1) is 17.4. The minimum Gasteiger partial charge on any atom is -0.497 e. The van der Waals surface area contributed by atoms with Gasteiger partial charge in [0.2, 0.25) is 0 Å². The molecule has 1 fully saturated rings. The number of benzene rings is 1. The topological polar surface area (TPSA) is 59.6 Å². The van der Waals surface area contributed by atoms with Crippen LogP contribution in [0.25, 0.3) is 5.57 Å². The third-order valence-corrected chi connectivity index (χ3v) is 5.66. The molecule has 0 amide bonds. The van der Waals surface area contributed by atoms with Crippen LogP contribution in [0, 0.1) is 5.92 Å². The van der Waals surface area contributed by atoms with Gasteiger partial charge in [-0.25, -0.2) is 0 Å². The molecule has 2 aliphatic heterocycles. The number of ether oxygens (including phenoxy) is 2. The lowest BCUT2D eigenvalue weighted by molar-refractivity contribution is -0.109. The molecule has 0 spiro atoms. The first-order valence-corrected chi connectivity index (χ1v) is 9.79. The van der Waals surface area contributed by atoms with Gasteiger partial charge in [0.15, 0.2) is 0 Å². The molecule has 140 valence electrons. The Balaban J connectivity index is 1.68. The molecule has 4 rings (SSSR count). The maximum Gasteiger partial charge on any atom is 0.136 e. The highest BCUT2D eigenvalue weighted by Gasteiger charge is 2.39. The number of fused-ring (bicyclic) bond motifs is 2. The molecule has 3 aliphatic rings. The van der Waals surface area contributed by atoms with E-state index in [1.165, 1.54) is 29.7 Å². The molecular weight excluding hydrogens is 328 g/mol. The fraction of sp³-hybridized carbons (Fsp3) is 0.571. The van der Waals surface area contributed by atoms with E-state index < -0.39 is 0 Å². The lowest BCUT2D eigenvalue weighted by Gasteiger charge is -2.32. The Morgan fingerprint density at radius 2 is 2.12 bits per heavy atom. The molecule has 1 unspecified atom stereocenters. The van der Waals surface area contributed by atoms with Crippen molar-refractivity contribution in [1.29, 1.82) is 0 Å². The van der Waals surface area contributed by atoms with Gasteiger partial charge < -0.3 is 24.9 Å². The summed E-state index contributed by atoms with van der Waals surface area (Å²) >= 11 is 0. The summed E-state index contributed by atoms with van der Waals surface area (Å²) in [5, 5.41) is 7.02. The molecule has 0 radical (unpaired) electrons. The van der Waals surface area contributed by atoms with Gasteiger partial charge in [-0.05, 0) is 56.2 Å². The summed E-state index contributed by atoms with van der Waals surface area (Å²) in [6.07, 6.45) is 7.51. The van der Waals surface area contributed by atoms with Crippen LogP contribution in [0.1, 0.15) is 44.1 Å². The number of carbonyl (C=O) groups is 1. The van der Waals surface area contributed by atoms with Gasteiger partial charge in [-0.3, -0.25) is 0 Å². The third kappa shape index (κ3) is 3.58. The van der Waals surface area contributed by atoms with Crippen LogP contribution in [-0.2, 0) is 9.53 Å². The van der Waals surface area contributed by atoms with E-state index in [-0.39, 0.29) is 12.1 Å². The molecule has 0 bridgehead atoms. The van der Waals surface area contributed by atoms with E-state index in [9.17, 15) is 4.79 Å². The zero-order valence-electron chi connectivity index (χ0n) is 15.4. The first-order valence-electron chi connectivity index (χ1n) is 9.79. The Bertz CT molecular complexity index is 696. The molecule has 2 atom stereocenters. The number of methoxy groups -OCH3 is 1. The minimum absolute atomic E-state index is 0.0570. The second-order valence-electron chi connectivity index (χ2n) is 7.50. The summed E-state index contributed by atoms with van der Waals surface area (Å²) in [4.78, 5) is 11.2. The maximum atomic E-state index is 11.2. The van der Waals surface area contributed by atoms with Crippen molar-refractivity contribution in [2.24, 2.45) is 5.92 Å². The van der Waals surface area contributed by atoms with E-state index in [0.29, 0.717) is 19.1 Å². The highest BCUT2D eigenvalue weighted by molar-refractivity contribution is 5.82. The Hall–Kier alpha value is -2.01. The van der Waals surface area contributed by atoms with Gasteiger partial charge in [0, 0.05) is 23.4 Å². The van der Waals surface area contributed by atoms with E-state index in [2.05, 4.69) is 22.8 Å². The number of hydrogen-bond acceptors (Lipinski definition) is 5. The van der Waals surface area contributed by atoms with E-state index in [4.69, 9.17) is 9.47 Å². The minimum atomic E-state index is -0.0570. The van der Waals surface area contributed by atoms with Crippen molar-refractivity contribution in [1.82, 2.24) is 5.32 Å². The van der Waals surface area contributed by atoms with E-state index in [1.54, 1.807) is 7.11 Å². The highest BCUT2D eigenvalue weighted by atomic mass is 16.5. The summed E-state index contributed by atoms with van der Waals surface area (Å²) in [5.41, 5.74) is 3.71. The van der Waals surface area contributed by atoms with Gasteiger partial charge in [0.25, 0.3) is 0 Å². The van der Waals surface area contributed by atoms with Crippen molar-refractivity contribution in [2.45, 2.75) is 50.6 Å². The number of nitrogens with one attached hydrogen (secondary N) is 2. The predicted octanol–water partition coefficient (Wildman–Crippen LogP) is 3.36. The van der Waals surface area contributed by atoms with E-state index >= 15 is 0 Å². The largest absolute Gasteiger partial charge is 0.497 e. The second kappa shape index (κ2) is 7.70. The average molecular weight is 356 g/mol. The number of anilines is 1. The summed E-state index contributed by atoms with van der Waals surface area (Å²) in [7, 11) is 1.71. The van der Waals surface area contributed by atoms with E-state index in [1.807, 2.05) is 6.07 Å². The zero-order valence-corrected chi connectivity index (χ0v) is 15.4. The molecule has 2 heterocycles. The molecule has 1 aromatic rings. The normalized spacial score (nSPS) is 26.5. The Morgan fingerprint density at radius 1 is 1.23 bits per heavy atom. The molecule has 26 heavy (non-hydrogen) atoms. The lowest BCUT2D eigenvalue weighted by Crippen LogP contribution is -2.35. The van der Waals surface area contributed by atoms with Crippen molar-refractivity contribution in [3.8, 4) is 5.75 Å². The quantitative estimate of drug-likeness (QED) is 0.814. The molecule has 1 saturated carbocycles. The van der Waals surface area contributed by atoms with Crippen LogP contribution < -0.4 is 15.4 Å². The fourth-order valence-corrected chi connectivity index (χ4v) is 4.07. The van der Waals surface area contributed by atoms with Gasteiger partial charge in [0.1, 0.15) is 24.4 Å². The van der Waals surface area contributed by atoms with Crippen molar-refractivity contribution in [2.75, 3.05) is 25.6 Å². The van der Waals surface area contributed by atoms with Gasteiger partial charge in [-0.1, -0.05) is 6.42 Å². The van der Waals surface area contributed by atoms with Crippen molar-refractivity contribution in [3.05, 3.63) is 29.5 Å². The Morgan fingerprint density at radius 3 is 2.88 bits per heavy atom. The van der Waals surface area contributed by atoms with Crippen molar-refractivity contribution >= 4 is 17.5 Å². The van der Waals surface area contributed by atoms with Crippen molar-refractivity contribution < 1.29 is 14.3 Å². The average Bonchev–Trinajstić information content (AvgIpc) is 3.51. The Labute approximate surface area is 155 Å². The SMILES string of the molecule is COc1ccc2c(c1)C1=C(OCCN[C@H](C=O)CCCC1)C(C1CC1)N2. The first-order chi connectivity index (χ1) is 12.8. The summed E-state index contributed by atoms with van der Waals surface area (Å²) < 4.78 is 11.8. The van der Waals surface area contributed by atoms with Gasteiger partial charge in [-0.15, -0.1) is 0 Å². The van der Waals surface area contributed by atoms with Crippen LogP contribution in [0.3, 0.4) is 0 Å². The standard InChI is InChI=1S/C21H28N2O3/c1-25-16-8-9-19-18(12-16)17-5-3-2-4-15(13-24)22-10-11-26-21(17)20(23-19)14-6-7-14/h8-9,12-15,20,22-23H,2-7,10-11H2,1H3/t15-,20?/m0/s1. The number of allylic oxidation sites excluding steroid dienone is 1. The Kier molecular flexibility index (Phi) is 5.16. The number of carbonyl (C=O) groups excluding carboxylic acids is 1. The summed E-state index contributed by atoms with van der Waals surface area (Å²) in [6, 6.07) is 6.48. The third-order valence-electron chi connectivity index (χ3n) is 5.66. The number of hydrogen-bond donors (Lipinski definition) is 2. The lowest BCUT2D eigenvalue weighted by atomic mass is 9.89. The number of aldehydes is 1. The van der Waals surface area contributed by atoms with Crippen LogP contribution in [0.2, 0.25) is 0 Å². The monoisotopic (exact) mass is 356 g/mol. The van der Waals surface area contributed by atoms with E-state index in [0.717, 1.165) is 43.5 Å². The molecule has 1 aromatic carbocycles. The van der Waals surface area contributed by atoms with Crippen LogP contribution in [0.15, 0.2) is 24.0 Å². The highest BCUT2D eigenvalue weighted by Crippen LogP contribution is 2.46. The molecule has 2 N–H and O–H groups in total. The summed E-state index contributed by atoms with van der Waals surface area (Å²) in [5.74, 6) is 2.65. The fourth-order valence-electron chi connectivity index (χ4n) is 4.07. The van der Waals surface area contributed by atoms with Crippen LogP contribution in [0.4, 0.5) is 5.69 Å². The summed E-state index contributed by atoms with van der Waals surface area (Å²) in [6.45, 7) is 1.29. The molecule has 5 heteroatoms. The number of rotatable bonds is 3. The smallest absolute Gasteiger partial charge is 0.136 e. The van der Waals surface area contributed by atoms with Crippen LogP contribution in [0.5, 0.6) is 5.75 Å². The van der Waals surface area contributed by atoms with Gasteiger partial charge >= 0.3 is 0 Å². The predicted molar refractivity (Wildman–Crippen MR) is 102 cm³/mol. The second-order valence-corrected chi connectivity index (χ2v) is 7.50. The van der Waals surface area contributed by atoms with Crippen molar-refractivity contribution in [3.63, 3.8) is 0 Å². The van der Waals surface area contributed by atoms with Gasteiger partial charge in [-0.2, -0.15) is 0 Å². The maximum absolute atomic E-state index is 11.2. The molecule has 0 saturated heterocycles. The zero-order chi connectivity index (χ0) is 17.9. The van der Waals surface area contributed by atoms with Crippen LogP contribution >= 0.6 is 0 Å². The molecule has 5 nitrogen and oxygen atoms in total. The molecule has 0 aromatic heterocycles. The molecule has 1 aliphatic carbocycles. The van der Waals surface area contributed by atoms with Crippen LogP contribution in [-0.4, -0.2) is 38.6 Å². The van der Waals surface area contributed by atoms with Gasteiger partial charge in [0.05, 0.1) is 19.2 Å².